The minimum Gasteiger partial charge on any atom is -0.353 e. The molecule has 3 aromatic heterocycles. The van der Waals surface area contributed by atoms with E-state index in [0.29, 0.717) is 28.4 Å². The van der Waals surface area contributed by atoms with Crippen LogP contribution in [0.3, 0.4) is 0 Å². The largest absolute Gasteiger partial charge is 0.353 e. The average molecular weight is 570 g/mol. The highest BCUT2D eigenvalue weighted by molar-refractivity contribution is 6.01. The Morgan fingerprint density at radius 2 is 1.76 bits per heavy atom. The van der Waals surface area contributed by atoms with E-state index in [4.69, 9.17) is 4.98 Å². The molecule has 0 unspecified atom stereocenters. The van der Waals surface area contributed by atoms with Gasteiger partial charge in [-0.25, -0.2) is 13.8 Å². The van der Waals surface area contributed by atoms with Crippen LogP contribution in [0.2, 0.25) is 0 Å². The fraction of sp³-hybridized carbons (Fsp3) is 0.424. The molecule has 5 heterocycles. The Labute approximate surface area is 242 Å². The van der Waals surface area contributed by atoms with Crippen molar-refractivity contribution in [2.75, 3.05) is 26.2 Å². The summed E-state index contributed by atoms with van der Waals surface area (Å²) in [5, 5.41) is 0.999. The molecule has 7 nitrogen and oxygen atoms in total. The Morgan fingerprint density at radius 3 is 2.48 bits per heavy atom. The van der Waals surface area contributed by atoms with Gasteiger partial charge in [-0.2, -0.15) is 0 Å². The van der Waals surface area contributed by atoms with Gasteiger partial charge in [0.2, 0.25) is 0 Å². The molecule has 1 aromatic carbocycles. The lowest BCUT2D eigenvalue weighted by Gasteiger charge is -2.34. The summed E-state index contributed by atoms with van der Waals surface area (Å²) in [4.78, 5) is 39.5. The number of nitrogens with one attached hydrogen (secondary N) is 1. The van der Waals surface area contributed by atoms with Gasteiger partial charge in [-0.15, -0.1) is 0 Å². The number of alkyl halides is 1. The van der Waals surface area contributed by atoms with Gasteiger partial charge in [-0.3, -0.25) is 19.1 Å². The number of aromatic amines is 1. The number of rotatable bonds is 7. The van der Waals surface area contributed by atoms with Crippen LogP contribution in [0, 0.1) is 5.82 Å². The monoisotopic (exact) mass is 569 g/mol. The van der Waals surface area contributed by atoms with Crippen molar-refractivity contribution in [3.05, 3.63) is 81.3 Å². The molecule has 2 aliphatic carbocycles. The Bertz CT molecular complexity index is 1780. The zero-order valence-electron chi connectivity index (χ0n) is 23.4. The van der Waals surface area contributed by atoms with Crippen molar-refractivity contribution in [2.45, 2.75) is 63.1 Å². The minimum absolute atomic E-state index is 0.0128. The van der Waals surface area contributed by atoms with Gasteiger partial charge in [0.1, 0.15) is 23.3 Å². The maximum absolute atomic E-state index is 14.4. The molecule has 42 heavy (non-hydrogen) atoms. The van der Waals surface area contributed by atoms with E-state index in [-0.39, 0.29) is 30.1 Å². The van der Waals surface area contributed by atoms with E-state index in [1.165, 1.54) is 29.9 Å². The first-order valence-corrected chi connectivity index (χ1v) is 15.2. The van der Waals surface area contributed by atoms with Crippen LogP contribution < -0.4 is 5.56 Å². The molecule has 8 rings (SSSR count). The number of hydrogen-bond acceptors (Lipinski definition) is 4. The Morgan fingerprint density at radius 1 is 1.00 bits per heavy atom. The molecule has 4 aromatic rings. The zero-order chi connectivity index (χ0) is 28.5. The first kappa shape index (κ1) is 25.8. The Balaban J connectivity index is 1.25. The quantitative estimate of drug-likeness (QED) is 0.312. The number of pyridine rings is 2. The number of likely N-dealkylation sites (tertiary alicyclic amines) is 2. The second kappa shape index (κ2) is 9.87. The lowest BCUT2D eigenvalue weighted by atomic mass is 9.96. The van der Waals surface area contributed by atoms with Crippen LogP contribution in [-0.4, -0.2) is 62.6 Å². The van der Waals surface area contributed by atoms with Crippen molar-refractivity contribution in [1.82, 2.24) is 24.3 Å². The molecule has 1 amide bonds. The van der Waals surface area contributed by atoms with Crippen LogP contribution in [0.4, 0.5) is 8.78 Å². The van der Waals surface area contributed by atoms with E-state index < -0.39 is 17.9 Å². The van der Waals surface area contributed by atoms with E-state index in [2.05, 4.69) is 16.0 Å². The normalized spacial score (nSPS) is 19.5. The number of amides is 1. The van der Waals surface area contributed by atoms with E-state index >= 15 is 0 Å². The summed E-state index contributed by atoms with van der Waals surface area (Å²) in [6, 6.07) is 10.1. The number of fused-ring (bicyclic) bond motifs is 1. The summed E-state index contributed by atoms with van der Waals surface area (Å²) in [7, 11) is 0. The van der Waals surface area contributed by atoms with Gasteiger partial charge in [-0.05, 0) is 105 Å². The van der Waals surface area contributed by atoms with Crippen molar-refractivity contribution < 1.29 is 13.6 Å². The standard InChI is InChI=1S/C33H33F2N5O2/c34-22-7-8-25(27(13-22)32(41)39-15-23(35)16-39)21-11-29(20-5-6-20)37-30(12-21)40-18-28(19-3-4-19)26-14-24(36-31(26)33(40)42)17-38-9-1-2-10-38/h7-8,11-14,18-20,23,36H,1-6,9-10,15-17H2. The number of H-pyrrole nitrogens is 1. The third-order valence-corrected chi connectivity index (χ3v) is 9.22. The molecule has 4 aliphatic rings. The maximum Gasteiger partial charge on any atom is 0.280 e. The van der Waals surface area contributed by atoms with Crippen molar-refractivity contribution >= 4 is 16.8 Å². The summed E-state index contributed by atoms with van der Waals surface area (Å²) >= 11 is 0. The fourth-order valence-corrected chi connectivity index (χ4v) is 6.56. The van der Waals surface area contributed by atoms with E-state index in [1.807, 2.05) is 18.3 Å². The third-order valence-electron chi connectivity index (χ3n) is 9.22. The van der Waals surface area contributed by atoms with E-state index in [9.17, 15) is 18.4 Å². The summed E-state index contributed by atoms with van der Waals surface area (Å²) in [6.45, 7) is 2.99. The molecule has 216 valence electrons. The highest BCUT2D eigenvalue weighted by Gasteiger charge is 2.33. The van der Waals surface area contributed by atoms with Gasteiger partial charge in [0, 0.05) is 35.4 Å². The first-order chi connectivity index (χ1) is 20.4. The number of aromatic nitrogens is 3. The predicted molar refractivity (Wildman–Crippen MR) is 156 cm³/mol. The summed E-state index contributed by atoms with van der Waals surface area (Å²) in [5.74, 6) is 0.276. The second-order valence-corrected chi connectivity index (χ2v) is 12.5. The lowest BCUT2D eigenvalue weighted by molar-refractivity contribution is 0.0400. The van der Waals surface area contributed by atoms with Crippen molar-refractivity contribution in [3.63, 3.8) is 0 Å². The molecule has 2 aliphatic heterocycles. The summed E-state index contributed by atoms with van der Waals surface area (Å²) in [5.41, 5.74) is 4.97. The molecule has 0 spiro atoms. The molecule has 4 fully saturated rings. The smallest absolute Gasteiger partial charge is 0.280 e. The number of nitrogens with zero attached hydrogens (tertiary/aromatic N) is 4. The zero-order valence-corrected chi connectivity index (χ0v) is 23.4. The summed E-state index contributed by atoms with van der Waals surface area (Å²) < 4.78 is 29.6. The van der Waals surface area contributed by atoms with Gasteiger partial charge in [-0.1, -0.05) is 6.07 Å². The van der Waals surface area contributed by atoms with Gasteiger partial charge < -0.3 is 9.88 Å². The van der Waals surface area contributed by atoms with Crippen LogP contribution in [0.1, 0.15) is 77.7 Å². The molecule has 2 saturated heterocycles. The van der Waals surface area contributed by atoms with Crippen molar-refractivity contribution in [1.29, 1.82) is 0 Å². The fourth-order valence-electron chi connectivity index (χ4n) is 6.56. The molecule has 0 atom stereocenters. The summed E-state index contributed by atoms with van der Waals surface area (Å²) in [6.07, 6.45) is 7.53. The van der Waals surface area contributed by atoms with Crippen LogP contribution in [0.25, 0.3) is 27.8 Å². The highest BCUT2D eigenvalue weighted by Crippen LogP contribution is 2.44. The van der Waals surface area contributed by atoms with Gasteiger partial charge in [0.15, 0.2) is 0 Å². The van der Waals surface area contributed by atoms with Crippen LogP contribution >= 0.6 is 0 Å². The van der Waals surface area contributed by atoms with Crippen LogP contribution in [0.5, 0.6) is 0 Å². The molecule has 0 bridgehead atoms. The number of halogens is 2. The number of hydrogen-bond donors (Lipinski definition) is 1. The van der Waals surface area contributed by atoms with Gasteiger partial charge >= 0.3 is 0 Å². The molecule has 9 heteroatoms. The van der Waals surface area contributed by atoms with Crippen molar-refractivity contribution in [2.24, 2.45) is 0 Å². The van der Waals surface area contributed by atoms with Crippen LogP contribution in [0.15, 0.2) is 47.4 Å². The van der Waals surface area contributed by atoms with E-state index in [0.717, 1.165) is 67.7 Å². The third kappa shape index (κ3) is 4.64. The molecule has 1 N–H and O–H groups in total. The van der Waals surface area contributed by atoms with Crippen LogP contribution in [-0.2, 0) is 6.54 Å². The highest BCUT2D eigenvalue weighted by atomic mass is 19.1. The Hall–Kier alpha value is -3.85. The predicted octanol–water partition coefficient (Wildman–Crippen LogP) is 5.66. The lowest BCUT2D eigenvalue weighted by Crippen LogP contribution is -2.51. The van der Waals surface area contributed by atoms with Gasteiger partial charge in [0.05, 0.1) is 18.7 Å². The first-order valence-electron chi connectivity index (χ1n) is 15.2. The van der Waals surface area contributed by atoms with E-state index in [1.54, 1.807) is 10.6 Å². The number of carbonyl (C=O) groups is 1. The number of benzene rings is 1. The maximum atomic E-state index is 14.4. The molecule has 0 radical (unpaired) electrons. The number of carbonyl (C=O) groups excluding carboxylic acids is 1. The Kier molecular flexibility index (Phi) is 6.07. The molecular weight excluding hydrogens is 536 g/mol. The SMILES string of the molecule is O=C(c1cc(F)ccc1-c1cc(C2CC2)nc(-n2cc(C3CC3)c3cc(CN4CCCC4)[nH]c3c2=O)c1)N1CC(F)C1. The molecule has 2 saturated carbocycles. The topological polar surface area (TPSA) is 74.2 Å². The average Bonchev–Trinajstić information content (AvgIpc) is 3.90. The van der Waals surface area contributed by atoms with Gasteiger partial charge in [0.25, 0.3) is 11.5 Å². The second-order valence-electron chi connectivity index (χ2n) is 12.5. The molecular formula is C33H33F2N5O2. The van der Waals surface area contributed by atoms with Crippen molar-refractivity contribution in [3.8, 4) is 16.9 Å². The minimum atomic E-state index is -1.05.